The van der Waals surface area contributed by atoms with Crippen LogP contribution in [0.15, 0.2) is 60.7 Å². The maximum atomic E-state index is 14.1. The fraction of sp³-hybridized carbons (Fsp3) is 0.303. The number of aromatic amines is 1. The molecular weight excluding hydrogens is 589 g/mol. The second-order valence-electron chi connectivity index (χ2n) is 11.7. The molecular formula is C33H32FN9O3. The van der Waals surface area contributed by atoms with Crippen molar-refractivity contribution in [2.24, 2.45) is 11.5 Å². The first-order valence-electron chi connectivity index (χ1n) is 15.0. The highest BCUT2D eigenvalue weighted by atomic mass is 19.1. The molecule has 1 aliphatic carbocycles. The lowest BCUT2D eigenvalue weighted by atomic mass is 9.67. The van der Waals surface area contributed by atoms with Crippen LogP contribution in [0.5, 0.6) is 0 Å². The van der Waals surface area contributed by atoms with Crippen LogP contribution in [-0.4, -0.2) is 62.4 Å². The zero-order chi connectivity index (χ0) is 32.4. The van der Waals surface area contributed by atoms with Gasteiger partial charge in [0, 0.05) is 23.7 Å². The normalized spacial score (nSPS) is 17.3. The Kier molecular flexibility index (Phi) is 8.29. The van der Waals surface area contributed by atoms with E-state index < -0.39 is 35.1 Å². The van der Waals surface area contributed by atoms with Crippen LogP contribution in [0.3, 0.4) is 0 Å². The number of benzene rings is 3. The molecule has 2 heterocycles. The molecule has 12 nitrogen and oxygen atoms in total. The monoisotopic (exact) mass is 621 g/mol. The largest absolute Gasteiger partial charge is 0.366 e. The van der Waals surface area contributed by atoms with Crippen molar-refractivity contribution in [1.29, 1.82) is 5.26 Å². The summed E-state index contributed by atoms with van der Waals surface area (Å²) in [5.41, 5.74) is 14.8. The zero-order valence-electron chi connectivity index (χ0n) is 24.9. The highest BCUT2D eigenvalue weighted by Gasteiger charge is 2.46. The van der Waals surface area contributed by atoms with E-state index in [1.165, 1.54) is 12.1 Å². The van der Waals surface area contributed by atoms with E-state index in [0.717, 1.165) is 28.7 Å². The Morgan fingerprint density at radius 3 is 2.20 bits per heavy atom. The number of tetrazole rings is 1. The van der Waals surface area contributed by atoms with Gasteiger partial charge in [0.05, 0.1) is 18.0 Å². The van der Waals surface area contributed by atoms with Crippen LogP contribution in [-0.2, 0) is 23.1 Å². The third-order valence-corrected chi connectivity index (χ3v) is 9.12. The Labute approximate surface area is 264 Å². The number of carbonyl (C=O) groups is 3. The average Bonchev–Trinajstić information content (AvgIpc) is 3.75. The zero-order valence-corrected chi connectivity index (χ0v) is 24.9. The predicted octanol–water partition coefficient (Wildman–Crippen LogP) is 2.21. The number of amides is 3. The first kappa shape index (κ1) is 30.5. The van der Waals surface area contributed by atoms with Crippen LogP contribution in [0.2, 0.25) is 0 Å². The van der Waals surface area contributed by atoms with E-state index in [4.69, 9.17) is 11.5 Å². The Morgan fingerprint density at radius 1 is 1.02 bits per heavy atom. The van der Waals surface area contributed by atoms with Gasteiger partial charge in [0.2, 0.25) is 17.7 Å². The maximum absolute atomic E-state index is 14.1. The molecule has 3 amide bonds. The van der Waals surface area contributed by atoms with Gasteiger partial charge in [-0.15, -0.1) is 5.10 Å². The number of fused-ring (bicyclic) bond motifs is 2. The molecule has 1 fully saturated rings. The van der Waals surface area contributed by atoms with Gasteiger partial charge in [-0.2, -0.15) is 5.26 Å². The van der Waals surface area contributed by atoms with Crippen molar-refractivity contribution in [2.75, 3.05) is 13.1 Å². The molecule has 0 spiro atoms. The van der Waals surface area contributed by atoms with Crippen LogP contribution < -0.4 is 16.8 Å². The van der Waals surface area contributed by atoms with E-state index in [1.54, 1.807) is 41.3 Å². The van der Waals surface area contributed by atoms with E-state index in [-0.39, 0.29) is 18.9 Å². The summed E-state index contributed by atoms with van der Waals surface area (Å²) < 4.78 is 14.1. The van der Waals surface area contributed by atoms with Crippen molar-refractivity contribution in [2.45, 2.75) is 49.6 Å². The first-order valence-corrected chi connectivity index (χ1v) is 15.0. The smallest absolute Gasteiger partial charge is 0.248 e. The van der Waals surface area contributed by atoms with Gasteiger partial charge < -0.3 is 21.7 Å². The van der Waals surface area contributed by atoms with Crippen molar-refractivity contribution in [3.63, 3.8) is 0 Å². The third kappa shape index (κ3) is 5.59. The van der Waals surface area contributed by atoms with Crippen molar-refractivity contribution < 1.29 is 18.8 Å². The summed E-state index contributed by atoms with van der Waals surface area (Å²) in [6, 6.07) is 17.7. The van der Waals surface area contributed by atoms with Gasteiger partial charge in [-0.1, -0.05) is 24.3 Å². The van der Waals surface area contributed by atoms with Crippen LogP contribution in [0.1, 0.15) is 79.7 Å². The van der Waals surface area contributed by atoms with Crippen molar-refractivity contribution in [3.05, 3.63) is 111 Å². The molecule has 13 heteroatoms. The Morgan fingerprint density at radius 2 is 1.65 bits per heavy atom. The van der Waals surface area contributed by atoms with E-state index in [0.29, 0.717) is 48.3 Å². The molecule has 0 bridgehead atoms. The Balaban J connectivity index is 1.53. The van der Waals surface area contributed by atoms with E-state index in [1.807, 2.05) is 12.1 Å². The molecule has 6 rings (SSSR count). The molecule has 1 saturated heterocycles. The lowest BCUT2D eigenvalue weighted by molar-refractivity contribution is -0.130. The molecule has 4 aromatic rings. The van der Waals surface area contributed by atoms with Gasteiger partial charge in [-0.05, 0) is 107 Å². The minimum Gasteiger partial charge on any atom is -0.366 e. The number of halogens is 1. The van der Waals surface area contributed by atoms with E-state index in [9.17, 15) is 24.0 Å². The highest BCUT2D eigenvalue weighted by molar-refractivity contribution is 5.94. The summed E-state index contributed by atoms with van der Waals surface area (Å²) in [6.07, 6.45) is 2.62. The molecule has 0 saturated carbocycles. The predicted molar refractivity (Wildman–Crippen MR) is 163 cm³/mol. The minimum atomic E-state index is -1.12. The van der Waals surface area contributed by atoms with Gasteiger partial charge in [-0.25, -0.2) is 9.49 Å². The third-order valence-electron chi connectivity index (χ3n) is 9.12. The number of aromatic nitrogens is 4. The second-order valence-corrected chi connectivity index (χ2v) is 11.7. The molecule has 1 aliphatic heterocycles. The molecule has 3 aromatic carbocycles. The number of nitrogens with zero attached hydrogens (tertiary/aromatic N) is 5. The number of nitriles is 1. The van der Waals surface area contributed by atoms with Crippen LogP contribution in [0.4, 0.5) is 4.39 Å². The average molecular weight is 622 g/mol. The number of H-pyrrole nitrogens is 1. The molecule has 46 heavy (non-hydrogen) atoms. The van der Waals surface area contributed by atoms with Crippen molar-refractivity contribution in [3.8, 4) is 6.07 Å². The molecule has 2 atom stereocenters. The summed E-state index contributed by atoms with van der Waals surface area (Å²) >= 11 is 0. The number of nitrogens with two attached hydrogens (primary N) is 2. The summed E-state index contributed by atoms with van der Waals surface area (Å²) in [5.74, 6) is -1.39. The summed E-state index contributed by atoms with van der Waals surface area (Å²) in [5, 5.41) is 28.2. The number of primary amides is 2. The summed E-state index contributed by atoms with van der Waals surface area (Å²) in [4.78, 5) is 39.4. The number of aryl methyl sites for hydroxylation is 2. The fourth-order valence-electron chi connectivity index (χ4n) is 6.89. The quantitative estimate of drug-likeness (QED) is 0.218. The minimum absolute atomic E-state index is 0.0775. The van der Waals surface area contributed by atoms with Gasteiger partial charge in [0.25, 0.3) is 0 Å². The Bertz CT molecular complexity index is 1770. The van der Waals surface area contributed by atoms with Crippen molar-refractivity contribution >= 4 is 17.7 Å². The summed E-state index contributed by atoms with van der Waals surface area (Å²) in [7, 11) is 0. The lowest BCUT2D eigenvalue weighted by Crippen LogP contribution is -2.43. The fourth-order valence-corrected chi connectivity index (χ4v) is 6.89. The van der Waals surface area contributed by atoms with Crippen LogP contribution in [0, 0.1) is 17.1 Å². The number of nitrogens with one attached hydrogen (secondary N) is 2. The van der Waals surface area contributed by atoms with Gasteiger partial charge >= 0.3 is 0 Å². The van der Waals surface area contributed by atoms with E-state index in [2.05, 4.69) is 32.0 Å². The number of rotatable bonds is 9. The van der Waals surface area contributed by atoms with Gasteiger partial charge in [-0.3, -0.25) is 14.4 Å². The Hall–Kier alpha value is -5.48. The summed E-state index contributed by atoms with van der Waals surface area (Å²) in [6.45, 7) is 0.421. The second kappa shape index (κ2) is 12.5. The highest BCUT2D eigenvalue weighted by Crippen LogP contribution is 2.49. The molecule has 2 aliphatic rings. The first-order chi connectivity index (χ1) is 22.2. The molecule has 6 N–H and O–H groups in total. The van der Waals surface area contributed by atoms with Crippen LogP contribution in [0.25, 0.3) is 0 Å². The number of carbonyl (C=O) groups excluding carboxylic acids is 3. The molecule has 1 aromatic heterocycles. The molecule has 0 radical (unpaired) electrons. The van der Waals surface area contributed by atoms with E-state index >= 15 is 0 Å². The number of likely N-dealkylation sites (tertiary alicyclic amines) is 1. The number of hydrogen-bond acceptors (Lipinski definition) is 8. The SMILES string of the molecule is N#CC1CCCN1C(=O)CN[C@@H](CC1(c2nnn[nH]2)c2ccc(C(N)=O)cc2CCc2cc(C(N)=O)ccc21)c1ccc(F)cc1. The lowest BCUT2D eigenvalue weighted by Gasteiger charge is -2.38. The maximum Gasteiger partial charge on any atom is 0.248 e. The van der Waals surface area contributed by atoms with Crippen molar-refractivity contribution in [1.82, 2.24) is 30.8 Å². The topological polar surface area (TPSA) is 197 Å². The molecule has 234 valence electrons. The van der Waals surface area contributed by atoms with Gasteiger partial charge in [0.15, 0.2) is 5.82 Å². The molecule has 1 unspecified atom stereocenters. The standard InChI is InChI=1S/C33H32FN9O3/c34-24-9-5-19(6-10-24)28(38-18-29(44)43-13-1-2-25(43)17-35)16-33(32-39-41-42-40-32)26-11-7-22(30(36)45)14-20(26)3-4-21-15-23(31(37)46)8-12-27(21)33/h5-12,14-15,25,28,38H,1-4,13,16,18H2,(H2,36,45)(H2,37,46)(H,39,40,41,42)/t25?,28-/m0/s1. The van der Waals surface area contributed by atoms with Gasteiger partial charge in [0.1, 0.15) is 11.9 Å². The number of hydrogen-bond donors (Lipinski definition) is 4. The van der Waals surface area contributed by atoms with Crippen LogP contribution >= 0.6 is 0 Å².